The predicted octanol–water partition coefficient (Wildman–Crippen LogP) is 4.73. The largest absolute Gasteiger partial charge is 0.482 e. The summed E-state index contributed by atoms with van der Waals surface area (Å²) in [4.78, 5) is 12.1. The Morgan fingerprint density at radius 1 is 1.14 bits per heavy atom. The zero-order chi connectivity index (χ0) is 20.9. The number of carbonyl (C=O) groups is 1. The summed E-state index contributed by atoms with van der Waals surface area (Å²) >= 11 is 9.52. The molecule has 29 heavy (non-hydrogen) atoms. The van der Waals surface area contributed by atoms with E-state index in [1.807, 2.05) is 6.07 Å². The van der Waals surface area contributed by atoms with Gasteiger partial charge in [-0.2, -0.15) is 0 Å². The van der Waals surface area contributed by atoms with Crippen LogP contribution in [0.4, 0.5) is 5.69 Å². The van der Waals surface area contributed by atoms with Gasteiger partial charge in [-0.3, -0.25) is 4.79 Å². The highest BCUT2D eigenvalue weighted by Crippen LogP contribution is 2.28. The molecule has 0 saturated heterocycles. The number of benzene rings is 2. The smallest absolute Gasteiger partial charge is 0.262 e. The lowest BCUT2D eigenvalue weighted by Gasteiger charge is -2.22. The van der Waals surface area contributed by atoms with Crippen molar-refractivity contribution in [1.82, 2.24) is 4.72 Å². The van der Waals surface area contributed by atoms with Crippen molar-refractivity contribution in [2.75, 3.05) is 11.9 Å². The van der Waals surface area contributed by atoms with Gasteiger partial charge < -0.3 is 10.1 Å². The normalized spacial score (nSPS) is 15.1. The summed E-state index contributed by atoms with van der Waals surface area (Å²) in [7, 11) is -3.65. The third-order valence-corrected chi connectivity index (χ3v) is 6.91. The summed E-state index contributed by atoms with van der Waals surface area (Å²) in [5, 5.41) is 2.84. The van der Waals surface area contributed by atoms with Gasteiger partial charge in [-0.15, -0.1) is 0 Å². The van der Waals surface area contributed by atoms with Crippen molar-refractivity contribution < 1.29 is 17.9 Å². The molecule has 0 spiro atoms. The highest BCUT2D eigenvalue weighted by atomic mass is 79.9. The Bertz CT molecular complexity index is 978. The van der Waals surface area contributed by atoms with E-state index in [0.717, 1.165) is 36.6 Å². The molecule has 1 fully saturated rings. The fourth-order valence-electron chi connectivity index (χ4n) is 3.18. The summed E-state index contributed by atoms with van der Waals surface area (Å²) in [5.41, 5.74) is 0.634. The van der Waals surface area contributed by atoms with Crippen LogP contribution in [0.15, 0.2) is 51.8 Å². The van der Waals surface area contributed by atoms with E-state index in [4.69, 9.17) is 16.3 Å². The van der Waals surface area contributed by atoms with E-state index in [-0.39, 0.29) is 34.2 Å². The molecule has 0 aromatic heterocycles. The molecule has 2 aromatic rings. The van der Waals surface area contributed by atoms with E-state index in [9.17, 15) is 13.2 Å². The first-order valence-corrected chi connectivity index (χ1v) is 12.0. The van der Waals surface area contributed by atoms with Crippen molar-refractivity contribution in [2.24, 2.45) is 0 Å². The predicted molar refractivity (Wildman–Crippen MR) is 117 cm³/mol. The van der Waals surface area contributed by atoms with Gasteiger partial charge in [0.15, 0.2) is 6.61 Å². The zero-order valence-corrected chi connectivity index (χ0v) is 18.8. The van der Waals surface area contributed by atoms with E-state index in [0.29, 0.717) is 5.69 Å². The van der Waals surface area contributed by atoms with Crippen LogP contribution >= 0.6 is 27.5 Å². The molecular formula is C20H22BrClN2O4S. The van der Waals surface area contributed by atoms with Gasteiger partial charge in [0.05, 0.1) is 9.92 Å². The van der Waals surface area contributed by atoms with Gasteiger partial charge >= 0.3 is 0 Å². The summed E-state index contributed by atoms with van der Waals surface area (Å²) in [6.45, 7) is -0.251. The molecule has 3 rings (SSSR count). The van der Waals surface area contributed by atoms with Crippen molar-refractivity contribution >= 4 is 49.1 Å². The minimum absolute atomic E-state index is 0.0369. The van der Waals surface area contributed by atoms with Crippen molar-refractivity contribution in [3.63, 3.8) is 0 Å². The van der Waals surface area contributed by atoms with Crippen LogP contribution in [0.5, 0.6) is 5.75 Å². The SMILES string of the molecule is O=C(COc1ccc(S(=O)(=O)NC2CCCCC2)cc1Cl)Nc1cccc(Br)c1. The summed E-state index contributed by atoms with van der Waals surface area (Å²) < 4.78 is 34.2. The Morgan fingerprint density at radius 2 is 1.90 bits per heavy atom. The van der Waals surface area contributed by atoms with Crippen LogP contribution in [0.3, 0.4) is 0 Å². The van der Waals surface area contributed by atoms with Crippen molar-refractivity contribution in [3.05, 3.63) is 52.0 Å². The second kappa shape index (κ2) is 9.93. The molecule has 0 aliphatic heterocycles. The van der Waals surface area contributed by atoms with E-state index in [2.05, 4.69) is 26.0 Å². The number of anilines is 1. The summed E-state index contributed by atoms with van der Waals surface area (Å²) in [5.74, 6) is -0.109. The minimum atomic E-state index is -3.65. The monoisotopic (exact) mass is 500 g/mol. The Balaban J connectivity index is 1.59. The van der Waals surface area contributed by atoms with Crippen LogP contribution < -0.4 is 14.8 Å². The standard InChI is InChI=1S/C20H22BrClN2O4S/c21-14-5-4-8-16(11-14)23-20(25)13-28-19-10-9-17(12-18(19)22)29(26,27)24-15-6-2-1-3-7-15/h4-5,8-12,15,24H,1-3,6-7,13H2,(H,23,25). The van der Waals surface area contributed by atoms with Crippen LogP contribution in [-0.2, 0) is 14.8 Å². The summed E-state index contributed by atoms with van der Waals surface area (Å²) in [6.07, 6.45) is 4.90. The first-order chi connectivity index (χ1) is 13.8. The molecule has 156 valence electrons. The molecule has 2 N–H and O–H groups in total. The molecule has 0 atom stereocenters. The van der Waals surface area contributed by atoms with E-state index < -0.39 is 10.0 Å². The maximum Gasteiger partial charge on any atom is 0.262 e. The lowest BCUT2D eigenvalue weighted by atomic mass is 9.96. The Morgan fingerprint density at radius 3 is 2.59 bits per heavy atom. The van der Waals surface area contributed by atoms with Gasteiger partial charge in [-0.25, -0.2) is 13.1 Å². The fraction of sp³-hybridized carbons (Fsp3) is 0.350. The molecule has 0 bridgehead atoms. The van der Waals surface area contributed by atoms with Gasteiger partial charge in [0, 0.05) is 16.2 Å². The van der Waals surface area contributed by atoms with Crippen molar-refractivity contribution in [2.45, 2.75) is 43.0 Å². The molecule has 1 amide bonds. The van der Waals surface area contributed by atoms with Gasteiger partial charge in [-0.05, 0) is 49.2 Å². The number of carbonyl (C=O) groups excluding carboxylic acids is 1. The third-order valence-electron chi connectivity index (χ3n) is 4.61. The van der Waals surface area contributed by atoms with Gasteiger partial charge in [-0.1, -0.05) is 52.9 Å². The fourth-order valence-corrected chi connectivity index (χ4v) is 5.21. The highest BCUT2D eigenvalue weighted by molar-refractivity contribution is 9.10. The summed E-state index contributed by atoms with van der Waals surface area (Å²) in [6, 6.07) is 11.4. The molecule has 0 unspecified atom stereocenters. The highest BCUT2D eigenvalue weighted by Gasteiger charge is 2.22. The Labute approximate surface area is 184 Å². The molecule has 1 aliphatic rings. The van der Waals surface area contributed by atoms with E-state index in [1.54, 1.807) is 18.2 Å². The van der Waals surface area contributed by atoms with Crippen molar-refractivity contribution in [3.8, 4) is 5.75 Å². The molecule has 2 aromatic carbocycles. The second-order valence-electron chi connectivity index (χ2n) is 6.90. The number of amides is 1. The minimum Gasteiger partial charge on any atom is -0.482 e. The molecule has 0 radical (unpaired) electrons. The zero-order valence-electron chi connectivity index (χ0n) is 15.7. The Kier molecular flexibility index (Phi) is 7.56. The van der Waals surface area contributed by atoms with E-state index in [1.165, 1.54) is 18.2 Å². The topological polar surface area (TPSA) is 84.5 Å². The lowest BCUT2D eigenvalue weighted by Crippen LogP contribution is -2.36. The molecule has 6 nitrogen and oxygen atoms in total. The number of hydrogen-bond acceptors (Lipinski definition) is 4. The first kappa shape index (κ1) is 22.1. The Hall–Kier alpha value is -1.61. The van der Waals surface area contributed by atoms with Crippen LogP contribution in [0.1, 0.15) is 32.1 Å². The van der Waals surface area contributed by atoms with Crippen LogP contribution in [0.25, 0.3) is 0 Å². The molecule has 1 aliphatic carbocycles. The van der Waals surface area contributed by atoms with Crippen LogP contribution in [0.2, 0.25) is 5.02 Å². The first-order valence-electron chi connectivity index (χ1n) is 9.33. The maximum atomic E-state index is 12.6. The number of halogens is 2. The average Bonchev–Trinajstić information content (AvgIpc) is 2.67. The van der Waals surface area contributed by atoms with Gasteiger partial charge in [0.2, 0.25) is 10.0 Å². The number of hydrogen-bond donors (Lipinski definition) is 2. The maximum absolute atomic E-state index is 12.6. The number of nitrogens with one attached hydrogen (secondary N) is 2. The molecule has 0 heterocycles. The van der Waals surface area contributed by atoms with Crippen LogP contribution in [0, 0.1) is 0 Å². The number of sulfonamides is 1. The second-order valence-corrected chi connectivity index (χ2v) is 9.93. The number of rotatable bonds is 7. The molecular weight excluding hydrogens is 480 g/mol. The molecule has 9 heteroatoms. The molecule has 1 saturated carbocycles. The van der Waals surface area contributed by atoms with Crippen molar-refractivity contribution in [1.29, 1.82) is 0 Å². The van der Waals surface area contributed by atoms with Gasteiger partial charge in [0.1, 0.15) is 5.75 Å². The number of ether oxygens (including phenoxy) is 1. The third kappa shape index (κ3) is 6.44. The van der Waals surface area contributed by atoms with Gasteiger partial charge in [0.25, 0.3) is 5.91 Å². The quantitative estimate of drug-likeness (QED) is 0.574. The average molecular weight is 502 g/mol. The van der Waals surface area contributed by atoms with Crippen LogP contribution in [-0.4, -0.2) is 27.0 Å². The lowest BCUT2D eigenvalue weighted by molar-refractivity contribution is -0.118. The van der Waals surface area contributed by atoms with E-state index >= 15 is 0 Å².